The first-order valence-corrected chi connectivity index (χ1v) is 32.4. The molecule has 3 heterocycles. The Balaban J connectivity index is 0.000000211. The van der Waals surface area contributed by atoms with Crippen LogP contribution in [0.5, 0.6) is 0 Å². The number of rotatable bonds is 5. The monoisotopic (exact) mass is 986 g/mol. The molecule has 8 rings (SSSR count). The van der Waals surface area contributed by atoms with E-state index in [0.717, 1.165) is 44.5 Å². The van der Waals surface area contributed by atoms with Gasteiger partial charge in [0.15, 0.2) is 0 Å². The zero-order chi connectivity index (χ0) is 38.6. The smallest absolute Gasteiger partial charge is 0 e. The average Bonchev–Trinajstić information content (AvgIpc) is 3.53. The second-order valence-corrected chi connectivity index (χ2v) is 37.1. The maximum Gasteiger partial charge on any atom is 0 e. The molecule has 8 aromatic rings. The number of furan rings is 1. The molecule has 1 radical (unpaired) electrons. The molecule has 0 aliphatic carbocycles. The van der Waals surface area contributed by atoms with E-state index in [2.05, 4.69) is 137 Å². The number of aryl methyl sites for hydroxylation is 1. The average molecular weight is 983 g/mol. The van der Waals surface area contributed by atoms with E-state index in [1.165, 1.54) is 42.0 Å². The molecule has 3 aromatic heterocycles. The van der Waals surface area contributed by atoms with Gasteiger partial charge in [0, 0.05) is 20.1 Å². The molecule has 0 atom stereocenters. The van der Waals surface area contributed by atoms with Gasteiger partial charge in [0.1, 0.15) is 0 Å². The largest absolute Gasteiger partial charge is 0 e. The van der Waals surface area contributed by atoms with Gasteiger partial charge in [-0.15, -0.1) is 0 Å². The number of aromatic nitrogens is 2. The summed E-state index contributed by atoms with van der Waals surface area (Å²) in [7, 11) is 0. The van der Waals surface area contributed by atoms with E-state index in [1.807, 2.05) is 24.5 Å². The Morgan fingerprint density at radius 3 is 2.06 bits per heavy atom. The Bertz CT molecular complexity index is 2580. The molecule has 0 spiro atoms. The van der Waals surface area contributed by atoms with Crippen LogP contribution in [-0.4, -0.2) is 36.5 Å². The quantitative estimate of drug-likeness (QED) is 0.0980. The molecular formula is C46H46Ge2IrN2O-2. The first kappa shape index (κ1) is 34.2. The van der Waals surface area contributed by atoms with Crippen LogP contribution < -0.4 is 8.79 Å². The first-order valence-electron chi connectivity index (χ1n) is 19.2. The van der Waals surface area contributed by atoms with Gasteiger partial charge in [0.05, 0.1) is 0 Å². The summed E-state index contributed by atoms with van der Waals surface area (Å²) in [6.45, 7) is 2.33. The fourth-order valence-electron chi connectivity index (χ4n) is 6.53. The van der Waals surface area contributed by atoms with Crippen LogP contribution in [0.15, 0.2) is 114 Å². The van der Waals surface area contributed by atoms with Crippen molar-refractivity contribution in [3.05, 3.63) is 133 Å². The molecule has 0 saturated heterocycles. The van der Waals surface area contributed by atoms with E-state index in [0.29, 0.717) is 11.5 Å². The molecule has 0 unspecified atom stereocenters. The fraction of sp³-hybridized carbons (Fsp3) is 0.217. The molecule has 0 fully saturated rings. The second kappa shape index (κ2) is 15.1. The Kier molecular flexibility index (Phi) is 9.92. The van der Waals surface area contributed by atoms with Crippen molar-refractivity contribution in [2.45, 2.75) is 61.2 Å². The zero-order valence-electron chi connectivity index (χ0n) is 34.1. The predicted octanol–water partition coefficient (Wildman–Crippen LogP) is 11.8. The Hall–Kier alpha value is -3.54. The number of fused-ring (bicyclic) bond motifs is 7. The third kappa shape index (κ3) is 7.73. The fourth-order valence-corrected chi connectivity index (χ4v) is 11.2. The molecule has 265 valence electrons. The van der Waals surface area contributed by atoms with Crippen molar-refractivity contribution in [2.24, 2.45) is 0 Å². The van der Waals surface area contributed by atoms with Crippen LogP contribution in [0.1, 0.15) is 35.0 Å². The van der Waals surface area contributed by atoms with Gasteiger partial charge >= 0.3 is 288 Å². The van der Waals surface area contributed by atoms with Crippen LogP contribution in [0.4, 0.5) is 0 Å². The van der Waals surface area contributed by atoms with Gasteiger partial charge in [0.25, 0.3) is 0 Å². The van der Waals surface area contributed by atoms with Gasteiger partial charge in [-0.3, -0.25) is 0 Å². The van der Waals surface area contributed by atoms with Crippen LogP contribution in [0.2, 0.25) is 34.5 Å². The standard InChI is InChI=1S/C31H28GeNO.C15H18GeN.Ir/c1-19(2)21-15-16-33-28(18-21)27-8-6-7-25-26-13-11-20-9-10-22-17-23(32(3,4)5)12-14-24(22)29(20)31(26)34-30(25)27;1-12-5-7-13(8-6-12)15-10-9-14(11-17-15)16(2,3)4;/h6-7,9-19H,1-5H3;5-7,9-11H,1-4H3;/q2*-1;/i;1D3;. The first-order chi connectivity index (χ1) is 25.5. The molecule has 0 amide bonds. The van der Waals surface area contributed by atoms with Crippen molar-refractivity contribution < 1.29 is 28.6 Å². The minimum atomic E-state index is -2.08. The molecule has 5 aromatic carbocycles. The summed E-state index contributed by atoms with van der Waals surface area (Å²) in [5.41, 5.74) is 6.87. The zero-order valence-corrected chi connectivity index (χ0v) is 37.7. The molecule has 3 nitrogen and oxygen atoms in total. The van der Waals surface area contributed by atoms with Gasteiger partial charge in [-0.2, -0.15) is 0 Å². The Morgan fingerprint density at radius 2 is 1.38 bits per heavy atom. The van der Waals surface area contributed by atoms with Gasteiger partial charge in [0.2, 0.25) is 0 Å². The van der Waals surface area contributed by atoms with Crippen molar-refractivity contribution in [2.75, 3.05) is 0 Å². The normalized spacial score (nSPS) is 13.1. The van der Waals surface area contributed by atoms with Crippen LogP contribution in [0, 0.1) is 19.0 Å². The molecule has 0 N–H and O–H groups in total. The Morgan fingerprint density at radius 1 is 0.673 bits per heavy atom. The van der Waals surface area contributed by atoms with E-state index < -0.39 is 33.4 Å². The minimum absolute atomic E-state index is 0. The number of pyridine rings is 2. The minimum Gasteiger partial charge on any atom is 0 e. The summed E-state index contributed by atoms with van der Waals surface area (Å²) in [5, 5.41) is 7.19. The number of hydrogen-bond donors (Lipinski definition) is 0. The number of hydrogen-bond acceptors (Lipinski definition) is 3. The molecule has 0 bridgehead atoms. The molecule has 0 aliphatic heterocycles. The summed E-state index contributed by atoms with van der Waals surface area (Å²) in [6, 6.07) is 39.7. The second-order valence-electron chi connectivity index (χ2n) is 15.8. The van der Waals surface area contributed by atoms with E-state index >= 15 is 0 Å². The van der Waals surface area contributed by atoms with E-state index in [9.17, 15) is 0 Å². The van der Waals surface area contributed by atoms with Crippen LogP contribution >= 0.6 is 0 Å². The maximum atomic E-state index is 7.35. The van der Waals surface area contributed by atoms with E-state index in [-0.39, 0.29) is 20.1 Å². The van der Waals surface area contributed by atoms with Crippen molar-refractivity contribution in [1.29, 1.82) is 0 Å². The number of nitrogens with zero attached hydrogens (tertiary/aromatic N) is 2. The predicted molar refractivity (Wildman–Crippen MR) is 224 cm³/mol. The molecule has 0 aliphatic rings. The summed E-state index contributed by atoms with van der Waals surface area (Å²) < 4.78 is 31.6. The van der Waals surface area contributed by atoms with Crippen LogP contribution in [0.25, 0.3) is 66.0 Å². The molecule has 52 heavy (non-hydrogen) atoms. The van der Waals surface area contributed by atoms with E-state index in [1.54, 1.807) is 12.1 Å². The van der Waals surface area contributed by atoms with Gasteiger partial charge in [-0.25, -0.2) is 0 Å². The van der Waals surface area contributed by atoms with Crippen molar-refractivity contribution in [1.82, 2.24) is 9.97 Å². The SMILES string of the molecule is CC(C)c1ccnc(-c2[c-]ccc3c2oc2c3ccc3ccc4c[c]([Ge]([CH3])([CH3])[CH3])ccc4c32)c1.[2H]C([2H])([2H])c1c[c-]c(-c2cc[c]([Ge]([CH3])([CH3])[CH3])cn2)cc1.[Ir]. The van der Waals surface area contributed by atoms with Crippen LogP contribution in [0.3, 0.4) is 0 Å². The van der Waals surface area contributed by atoms with Crippen LogP contribution in [-0.2, 0) is 20.1 Å². The van der Waals surface area contributed by atoms with Crippen molar-refractivity contribution >= 4 is 78.8 Å². The van der Waals surface area contributed by atoms with Gasteiger partial charge < -0.3 is 0 Å². The maximum absolute atomic E-state index is 7.35. The van der Waals surface area contributed by atoms with Crippen molar-refractivity contribution in [3.63, 3.8) is 0 Å². The van der Waals surface area contributed by atoms with Gasteiger partial charge in [-0.05, 0) is 12.0 Å². The molecular weight excluding hydrogens is 934 g/mol. The number of benzene rings is 5. The third-order valence-electron chi connectivity index (χ3n) is 9.69. The molecule has 0 saturated carbocycles. The Labute approximate surface area is 331 Å². The summed E-state index contributed by atoms with van der Waals surface area (Å²) in [6.07, 6.45) is 3.83. The van der Waals surface area contributed by atoms with Gasteiger partial charge in [-0.1, -0.05) is 13.8 Å². The van der Waals surface area contributed by atoms with E-state index in [4.69, 9.17) is 8.53 Å². The summed E-state index contributed by atoms with van der Waals surface area (Å²) >= 11 is -3.75. The third-order valence-corrected chi connectivity index (χ3v) is 18.2. The summed E-state index contributed by atoms with van der Waals surface area (Å²) in [4.78, 5) is 9.15. The summed E-state index contributed by atoms with van der Waals surface area (Å²) in [5.74, 6) is 14.8. The molecule has 6 heteroatoms. The van der Waals surface area contributed by atoms with Crippen molar-refractivity contribution in [3.8, 4) is 22.5 Å². The topological polar surface area (TPSA) is 38.9 Å².